The van der Waals surface area contributed by atoms with Crippen molar-refractivity contribution in [1.29, 1.82) is 0 Å². The number of nitrogens with two attached hydrogens (primary N) is 1. The standard InChI is InChI=1S/C14H21N3O2/c1-3-10-4-6-17(7-5-10)13-12(14(18)19-2)8-11(15)9-16-13/h8-10H,3-7,15H2,1-2H3. The molecule has 1 aliphatic rings. The number of anilines is 2. The summed E-state index contributed by atoms with van der Waals surface area (Å²) in [5.41, 5.74) is 6.64. The second-order valence-corrected chi connectivity index (χ2v) is 4.97. The van der Waals surface area contributed by atoms with Crippen LogP contribution < -0.4 is 10.6 Å². The third kappa shape index (κ3) is 2.97. The monoisotopic (exact) mass is 263 g/mol. The fourth-order valence-corrected chi connectivity index (χ4v) is 2.54. The molecule has 0 amide bonds. The van der Waals surface area contributed by atoms with Gasteiger partial charge in [-0.2, -0.15) is 0 Å². The highest BCUT2D eigenvalue weighted by Crippen LogP contribution is 2.27. The van der Waals surface area contributed by atoms with Gasteiger partial charge in [-0.1, -0.05) is 13.3 Å². The molecule has 0 aliphatic carbocycles. The van der Waals surface area contributed by atoms with Gasteiger partial charge >= 0.3 is 5.97 Å². The molecule has 5 nitrogen and oxygen atoms in total. The maximum Gasteiger partial charge on any atom is 0.341 e. The van der Waals surface area contributed by atoms with Crippen LogP contribution in [0.5, 0.6) is 0 Å². The lowest BCUT2D eigenvalue weighted by atomic mass is 9.94. The third-order valence-corrected chi connectivity index (χ3v) is 3.78. The van der Waals surface area contributed by atoms with Crippen molar-refractivity contribution in [2.24, 2.45) is 5.92 Å². The van der Waals surface area contributed by atoms with Crippen LogP contribution in [0.1, 0.15) is 36.5 Å². The number of ether oxygens (including phenoxy) is 1. The van der Waals surface area contributed by atoms with Crippen molar-refractivity contribution >= 4 is 17.5 Å². The summed E-state index contributed by atoms with van der Waals surface area (Å²) in [7, 11) is 1.37. The molecule has 2 N–H and O–H groups in total. The van der Waals surface area contributed by atoms with Gasteiger partial charge in [0.2, 0.25) is 0 Å². The Bertz CT molecular complexity index is 454. The number of methoxy groups -OCH3 is 1. The first-order valence-electron chi connectivity index (χ1n) is 6.74. The van der Waals surface area contributed by atoms with Crippen molar-refractivity contribution in [2.45, 2.75) is 26.2 Å². The van der Waals surface area contributed by atoms with E-state index < -0.39 is 0 Å². The van der Waals surface area contributed by atoms with Crippen molar-refractivity contribution in [1.82, 2.24) is 4.98 Å². The number of piperidine rings is 1. The number of rotatable bonds is 3. The summed E-state index contributed by atoms with van der Waals surface area (Å²) in [6.45, 7) is 4.08. The molecular formula is C14H21N3O2. The maximum atomic E-state index is 11.8. The van der Waals surface area contributed by atoms with E-state index in [0.29, 0.717) is 17.1 Å². The number of carbonyl (C=O) groups is 1. The Kier molecular flexibility index (Phi) is 4.24. The zero-order valence-electron chi connectivity index (χ0n) is 11.6. The Hall–Kier alpha value is -1.78. The molecule has 104 valence electrons. The van der Waals surface area contributed by atoms with Crippen molar-refractivity contribution in [2.75, 3.05) is 30.8 Å². The van der Waals surface area contributed by atoms with Gasteiger partial charge in [-0.05, 0) is 24.8 Å². The highest BCUT2D eigenvalue weighted by atomic mass is 16.5. The minimum atomic E-state index is -0.382. The summed E-state index contributed by atoms with van der Waals surface area (Å²) in [5.74, 6) is 1.09. The Labute approximate surface area is 113 Å². The van der Waals surface area contributed by atoms with Gasteiger partial charge in [-0.3, -0.25) is 0 Å². The lowest BCUT2D eigenvalue weighted by Gasteiger charge is -2.33. The topological polar surface area (TPSA) is 68.5 Å². The van der Waals surface area contributed by atoms with Gasteiger partial charge in [0.05, 0.1) is 19.0 Å². The first-order valence-corrected chi connectivity index (χ1v) is 6.74. The summed E-state index contributed by atoms with van der Waals surface area (Å²) in [6, 6.07) is 1.64. The predicted octanol–water partition coefficient (Wildman–Crippen LogP) is 2.08. The van der Waals surface area contributed by atoms with Gasteiger partial charge in [0.25, 0.3) is 0 Å². The van der Waals surface area contributed by atoms with Crippen LogP contribution in [0.25, 0.3) is 0 Å². The zero-order valence-corrected chi connectivity index (χ0v) is 11.6. The first-order chi connectivity index (χ1) is 9.15. The highest BCUT2D eigenvalue weighted by Gasteiger charge is 2.23. The SMILES string of the molecule is CCC1CCN(c2ncc(N)cc2C(=O)OC)CC1. The second kappa shape index (κ2) is 5.91. The molecule has 1 aromatic rings. The second-order valence-electron chi connectivity index (χ2n) is 4.97. The summed E-state index contributed by atoms with van der Waals surface area (Å²) in [5, 5.41) is 0. The van der Waals surface area contributed by atoms with E-state index in [-0.39, 0.29) is 5.97 Å². The lowest BCUT2D eigenvalue weighted by molar-refractivity contribution is 0.0601. The first kappa shape index (κ1) is 13.6. The largest absolute Gasteiger partial charge is 0.465 e. The molecule has 2 heterocycles. The Morgan fingerprint density at radius 3 is 2.79 bits per heavy atom. The van der Waals surface area contributed by atoms with Gasteiger partial charge < -0.3 is 15.4 Å². The molecule has 0 bridgehead atoms. The fraction of sp³-hybridized carbons (Fsp3) is 0.571. The van der Waals surface area contributed by atoms with Crippen molar-refractivity contribution < 1.29 is 9.53 Å². The lowest BCUT2D eigenvalue weighted by Crippen LogP contribution is -2.35. The van der Waals surface area contributed by atoms with Crippen LogP contribution in [0.15, 0.2) is 12.3 Å². The summed E-state index contributed by atoms with van der Waals surface area (Å²) in [4.78, 5) is 18.3. The molecule has 0 atom stereocenters. The van der Waals surface area contributed by atoms with Gasteiger partial charge in [0.1, 0.15) is 11.4 Å². The Morgan fingerprint density at radius 1 is 1.53 bits per heavy atom. The third-order valence-electron chi connectivity index (χ3n) is 3.78. The van der Waals surface area contributed by atoms with Gasteiger partial charge in [0, 0.05) is 13.1 Å². The van der Waals surface area contributed by atoms with Crippen LogP contribution in [0.3, 0.4) is 0 Å². The molecule has 2 rings (SSSR count). The van der Waals surface area contributed by atoms with E-state index in [4.69, 9.17) is 10.5 Å². The molecule has 1 aromatic heterocycles. The number of aromatic nitrogens is 1. The Balaban J connectivity index is 2.22. The zero-order chi connectivity index (χ0) is 13.8. The average Bonchev–Trinajstić information content (AvgIpc) is 2.46. The summed E-state index contributed by atoms with van der Waals surface area (Å²) in [6.07, 6.45) is 5.09. The van der Waals surface area contributed by atoms with Crippen LogP contribution in [-0.2, 0) is 4.74 Å². The molecule has 1 aliphatic heterocycles. The van der Waals surface area contributed by atoms with Gasteiger partial charge in [0.15, 0.2) is 0 Å². The van der Waals surface area contributed by atoms with Gasteiger partial charge in [-0.25, -0.2) is 9.78 Å². The molecule has 0 unspecified atom stereocenters. The maximum absolute atomic E-state index is 11.8. The normalized spacial score (nSPS) is 16.4. The number of nitrogens with zero attached hydrogens (tertiary/aromatic N) is 2. The van der Waals surface area contributed by atoms with E-state index in [1.54, 1.807) is 12.3 Å². The van der Waals surface area contributed by atoms with Gasteiger partial charge in [-0.15, -0.1) is 0 Å². The van der Waals surface area contributed by atoms with Crippen molar-refractivity contribution in [3.05, 3.63) is 17.8 Å². The average molecular weight is 263 g/mol. The van der Waals surface area contributed by atoms with Crippen molar-refractivity contribution in [3.63, 3.8) is 0 Å². The van der Waals surface area contributed by atoms with Crippen LogP contribution in [0.2, 0.25) is 0 Å². The van der Waals surface area contributed by atoms with E-state index in [9.17, 15) is 4.79 Å². The molecule has 1 fully saturated rings. The number of esters is 1. The molecule has 1 saturated heterocycles. The summed E-state index contributed by atoms with van der Waals surface area (Å²) < 4.78 is 4.80. The highest BCUT2D eigenvalue weighted by molar-refractivity contribution is 5.95. The van der Waals surface area contributed by atoms with E-state index in [1.807, 2.05) is 0 Å². The van der Waals surface area contributed by atoms with Crippen LogP contribution >= 0.6 is 0 Å². The van der Waals surface area contributed by atoms with E-state index in [1.165, 1.54) is 13.5 Å². The Morgan fingerprint density at radius 2 is 2.21 bits per heavy atom. The smallest absolute Gasteiger partial charge is 0.341 e. The quantitative estimate of drug-likeness (QED) is 0.846. The fourth-order valence-electron chi connectivity index (χ4n) is 2.54. The van der Waals surface area contributed by atoms with Crippen LogP contribution in [0.4, 0.5) is 11.5 Å². The number of pyridine rings is 1. The number of hydrogen-bond donors (Lipinski definition) is 1. The number of nitrogen functional groups attached to an aromatic ring is 1. The van der Waals surface area contributed by atoms with Crippen LogP contribution in [-0.4, -0.2) is 31.2 Å². The number of hydrogen-bond acceptors (Lipinski definition) is 5. The molecular weight excluding hydrogens is 242 g/mol. The molecule has 0 spiro atoms. The van der Waals surface area contributed by atoms with Crippen LogP contribution in [0, 0.1) is 5.92 Å². The van der Waals surface area contributed by atoms with E-state index in [2.05, 4.69) is 16.8 Å². The van der Waals surface area contributed by atoms with E-state index >= 15 is 0 Å². The predicted molar refractivity (Wildman–Crippen MR) is 75.2 cm³/mol. The molecule has 0 saturated carbocycles. The van der Waals surface area contributed by atoms with E-state index in [0.717, 1.165) is 31.8 Å². The minimum Gasteiger partial charge on any atom is -0.465 e. The molecule has 19 heavy (non-hydrogen) atoms. The number of carbonyl (C=O) groups excluding carboxylic acids is 1. The summed E-state index contributed by atoms with van der Waals surface area (Å²) >= 11 is 0. The molecule has 0 aromatic carbocycles. The molecule has 5 heteroatoms. The molecule has 0 radical (unpaired) electrons. The van der Waals surface area contributed by atoms with Crippen molar-refractivity contribution in [3.8, 4) is 0 Å². The minimum absolute atomic E-state index is 0.382.